The van der Waals surface area contributed by atoms with Crippen molar-refractivity contribution in [2.24, 2.45) is 5.92 Å². The minimum absolute atomic E-state index is 0.153. The first-order valence-electron chi connectivity index (χ1n) is 5.76. The van der Waals surface area contributed by atoms with Crippen molar-refractivity contribution in [1.82, 2.24) is 5.32 Å². The molecule has 16 heavy (non-hydrogen) atoms. The number of nitrogens with one attached hydrogen (secondary N) is 1. The maximum Gasteiger partial charge on any atom is 0.307 e. The van der Waals surface area contributed by atoms with Crippen LogP contribution in [0, 0.1) is 5.92 Å². The van der Waals surface area contributed by atoms with Gasteiger partial charge in [0.1, 0.15) is 5.60 Å². The van der Waals surface area contributed by atoms with Gasteiger partial charge in [0.2, 0.25) is 0 Å². The summed E-state index contributed by atoms with van der Waals surface area (Å²) in [6.45, 7) is 9.97. The second-order valence-corrected chi connectivity index (χ2v) is 5.10. The number of ether oxygens (including phenoxy) is 2. The Morgan fingerprint density at radius 1 is 1.38 bits per heavy atom. The highest BCUT2D eigenvalue weighted by Crippen LogP contribution is 2.07. The summed E-state index contributed by atoms with van der Waals surface area (Å²) in [6.07, 6.45) is 0.414. The summed E-state index contributed by atoms with van der Waals surface area (Å²) < 4.78 is 10.2. The van der Waals surface area contributed by atoms with Gasteiger partial charge in [0, 0.05) is 20.3 Å². The number of hydrogen-bond donors (Lipinski definition) is 1. The Bertz CT molecular complexity index is 199. The van der Waals surface area contributed by atoms with Gasteiger partial charge in [0.25, 0.3) is 0 Å². The lowest BCUT2D eigenvalue weighted by Crippen LogP contribution is -2.29. The molecular weight excluding hydrogens is 206 g/mol. The Hall–Kier alpha value is -0.610. The maximum atomic E-state index is 11.3. The molecule has 0 saturated carbocycles. The number of hydrogen-bond acceptors (Lipinski definition) is 4. The average Bonchev–Trinajstić information content (AvgIpc) is 2.10. The molecule has 1 N–H and O–H groups in total. The van der Waals surface area contributed by atoms with Crippen LogP contribution >= 0.6 is 0 Å². The van der Waals surface area contributed by atoms with Crippen LogP contribution < -0.4 is 5.32 Å². The molecule has 0 aliphatic heterocycles. The zero-order chi connectivity index (χ0) is 12.6. The molecule has 0 bridgehead atoms. The van der Waals surface area contributed by atoms with Crippen LogP contribution in [0.3, 0.4) is 0 Å². The van der Waals surface area contributed by atoms with Crippen LogP contribution in [0.4, 0.5) is 0 Å². The second-order valence-electron chi connectivity index (χ2n) is 5.10. The lowest BCUT2D eigenvalue weighted by atomic mass is 10.2. The predicted molar refractivity (Wildman–Crippen MR) is 64.4 cm³/mol. The van der Waals surface area contributed by atoms with Gasteiger partial charge in [-0.1, -0.05) is 6.92 Å². The van der Waals surface area contributed by atoms with E-state index in [2.05, 4.69) is 12.2 Å². The van der Waals surface area contributed by atoms with E-state index in [1.54, 1.807) is 7.11 Å². The SMILES string of the molecule is COCC(C)CNCCC(=O)OC(C)(C)C. The Balaban J connectivity index is 3.48. The van der Waals surface area contributed by atoms with Crippen molar-refractivity contribution in [2.75, 3.05) is 26.8 Å². The molecule has 0 fully saturated rings. The number of methoxy groups -OCH3 is 1. The van der Waals surface area contributed by atoms with Crippen LogP contribution in [0.1, 0.15) is 34.1 Å². The van der Waals surface area contributed by atoms with Crippen LogP contribution in [-0.4, -0.2) is 38.4 Å². The molecule has 0 aliphatic carbocycles. The van der Waals surface area contributed by atoms with Gasteiger partial charge < -0.3 is 14.8 Å². The lowest BCUT2D eigenvalue weighted by molar-refractivity contribution is -0.154. The van der Waals surface area contributed by atoms with Crippen molar-refractivity contribution >= 4 is 5.97 Å². The van der Waals surface area contributed by atoms with E-state index in [9.17, 15) is 4.79 Å². The van der Waals surface area contributed by atoms with Gasteiger partial charge >= 0.3 is 5.97 Å². The Morgan fingerprint density at radius 3 is 2.50 bits per heavy atom. The molecule has 0 aliphatic rings. The van der Waals surface area contributed by atoms with Crippen LogP contribution in [0.25, 0.3) is 0 Å². The van der Waals surface area contributed by atoms with Gasteiger partial charge in [-0.2, -0.15) is 0 Å². The van der Waals surface area contributed by atoms with Gasteiger partial charge in [-0.3, -0.25) is 4.79 Å². The first kappa shape index (κ1) is 15.4. The van der Waals surface area contributed by atoms with Crippen LogP contribution in [0.5, 0.6) is 0 Å². The summed E-state index contributed by atoms with van der Waals surface area (Å²) in [5.41, 5.74) is -0.388. The minimum Gasteiger partial charge on any atom is -0.460 e. The quantitative estimate of drug-likeness (QED) is 0.534. The summed E-state index contributed by atoms with van der Waals surface area (Å²) in [5.74, 6) is 0.308. The molecule has 0 saturated heterocycles. The highest BCUT2D eigenvalue weighted by Gasteiger charge is 2.15. The van der Waals surface area contributed by atoms with E-state index in [-0.39, 0.29) is 11.6 Å². The van der Waals surface area contributed by atoms with E-state index in [4.69, 9.17) is 9.47 Å². The Labute approximate surface area is 98.7 Å². The van der Waals surface area contributed by atoms with Gasteiger partial charge in [-0.15, -0.1) is 0 Å². The van der Waals surface area contributed by atoms with Crippen LogP contribution in [0.15, 0.2) is 0 Å². The van der Waals surface area contributed by atoms with E-state index in [1.165, 1.54) is 0 Å². The number of esters is 1. The highest BCUT2D eigenvalue weighted by atomic mass is 16.6. The standard InChI is InChI=1S/C12H25NO3/c1-10(9-15-5)8-13-7-6-11(14)16-12(2,3)4/h10,13H,6-9H2,1-5H3. The smallest absolute Gasteiger partial charge is 0.307 e. The zero-order valence-electron chi connectivity index (χ0n) is 11.1. The third-order valence-electron chi connectivity index (χ3n) is 1.87. The summed E-state index contributed by atoms with van der Waals surface area (Å²) in [4.78, 5) is 11.3. The third-order valence-corrected chi connectivity index (χ3v) is 1.87. The van der Waals surface area contributed by atoms with Crippen molar-refractivity contribution in [3.63, 3.8) is 0 Å². The molecule has 0 heterocycles. The molecule has 0 aromatic rings. The summed E-state index contributed by atoms with van der Waals surface area (Å²) in [6, 6.07) is 0. The second kappa shape index (κ2) is 7.63. The summed E-state index contributed by atoms with van der Waals surface area (Å²) in [5, 5.41) is 3.21. The molecule has 96 valence electrons. The highest BCUT2D eigenvalue weighted by molar-refractivity contribution is 5.70. The Kier molecular flexibility index (Phi) is 7.34. The fraction of sp³-hybridized carbons (Fsp3) is 0.917. The van der Waals surface area contributed by atoms with E-state index < -0.39 is 0 Å². The monoisotopic (exact) mass is 231 g/mol. The lowest BCUT2D eigenvalue weighted by Gasteiger charge is -2.19. The zero-order valence-corrected chi connectivity index (χ0v) is 11.1. The van der Waals surface area contributed by atoms with Crippen molar-refractivity contribution in [1.29, 1.82) is 0 Å². The van der Waals surface area contributed by atoms with E-state index in [0.717, 1.165) is 13.2 Å². The summed E-state index contributed by atoms with van der Waals surface area (Å²) >= 11 is 0. The van der Waals surface area contributed by atoms with Gasteiger partial charge in [0.15, 0.2) is 0 Å². The summed E-state index contributed by atoms with van der Waals surface area (Å²) in [7, 11) is 1.69. The molecule has 1 atom stereocenters. The molecule has 0 amide bonds. The fourth-order valence-corrected chi connectivity index (χ4v) is 1.27. The molecule has 0 aromatic heterocycles. The molecule has 4 heteroatoms. The van der Waals surface area contributed by atoms with Crippen molar-refractivity contribution in [3.05, 3.63) is 0 Å². The van der Waals surface area contributed by atoms with E-state index in [1.807, 2.05) is 20.8 Å². The Morgan fingerprint density at radius 2 is 2.00 bits per heavy atom. The van der Waals surface area contributed by atoms with Crippen molar-refractivity contribution in [3.8, 4) is 0 Å². The predicted octanol–water partition coefficient (Wildman–Crippen LogP) is 1.59. The molecule has 0 aromatic carbocycles. The molecular formula is C12H25NO3. The molecule has 1 unspecified atom stereocenters. The molecule has 4 nitrogen and oxygen atoms in total. The van der Waals surface area contributed by atoms with Crippen molar-refractivity contribution in [2.45, 2.75) is 39.7 Å². The van der Waals surface area contributed by atoms with Gasteiger partial charge in [0.05, 0.1) is 6.42 Å². The molecule has 0 spiro atoms. The minimum atomic E-state index is -0.388. The van der Waals surface area contributed by atoms with E-state index >= 15 is 0 Å². The third kappa shape index (κ3) is 9.93. The number of rotatable bonds is 7. The van der Waals surface area contributed by atoms with Crippen LogP contribution in [-0.2, 0) is 14.3 Å². The molecule has 0 rings (SSSR count). The van der Waals surface area contributed by atoms with Gasteiger partial charge in [-0.05, 0) is 33.2 Å². The first-order chi connectivity index (χ1) is 7.35. The topological polar surface area (TPSA) is 47.6 Å². The van der Waals surface area contributed by atoms with Crippen molar-refractivity contribution < 1.29 is 14.3 Å². The number of carbonyl (C=O) groups is 1. The normalized spacial score (nSPS) is 13.6. The maximum absolute atomic E-state index is 11.3. The molecule has 0 radical (unpaired) electrons. The average molecular weight is 231 g/mol. The number of carbonyl (C=O) groups excluding carboxylic acids is 1. The fourth-order valence-electron chi connectivity index (χ4n) is 1.27. The van der Waals surface area contributed by atoms with Crippen LogP contribution in [0.2, 0.25) is 0 Å². The first-order valence-corrected chi connectivity index (χ1v) is 5.76. The van der Waals surface area contributed by atoms with E-state index in [0.29, 0.717) is 18.9 Å². The van der Waals surface area contributed by atoms with Gasteiger partial charge in [-0.25, -0.2) is 0 Å². The largest absolute Gasteiger partial charge is 0.460 e.